The van der Waals surface area contributed by atoms with Crippen molar-refractivity contribution in [2.45, 2.75) is 19.5 Å². The second-order valence-corrected chi connectivity index (χ2v) is 4.98. The molecule has 1 rings (SSSR count). The second-order valence-electron chi connectivity index (χ2n) is 4.98. The summed E-state index contributed by atoms with van der Waals surface area (Å²) in [6.45, 7) is 3.36. The van der Waals surface area contributed by atoms with Gasteiger partial charge in [-0.2, -0.15) is 0 Å². The molecular formula is C14H22FN3O. The third-order valence-electron chi connectivity index (χ3n) is 2.78. The van der Waals surface area contributed by atoms with E-state index in [0.717, 1.165) is 12.1 Å². The van der Waals surface area contributed by atoms with Gasteiger partial charge in [0.05, 0.1) is 6.04 Å². The average Bonchev–Trinajstić information content (AvgIpc) is 2.33. The van der Waals surface area contributed by atoms with Crippen LogP contribution in [0.4, 0.5) is 4.39 Å². The zero-order valence-corrected chi connectivity index (χ0v) is 11.8. The zero-order valence-electron chi connectivity index (χ0n) is 11.8. The van der Waals surface area contributed by atoms with E-state index in [1.54, 1.807) is 24.0 Å². The molecule has 19 heavy (non-hydrogen) atoms. The molecule has 0 aliphatic heterocycles. The summed E-state index contributed by atoms with van der Waals surface area (Å²) in [5, 5.41) is 0. The smallest absolute Gasteiger partial charge is 0.239 e. The number of likely N-dealkylation sites (N-methyl/N-ethyl adjacent to an activating group) is 1. The highest BCUT2D eigenvalue weighted by Gasteiger charge is 2.17. The maximum atomic E-state index is 13.2. The van der Waals surface area contributed by atoms with Crippen LogP contribution in [-0.4, -0.2) is 48.9 Å². The first-order valence-corrected chi connectivity index (χ1v) is 6.33. The summed E-state index contributed by atoms with van der Waals surface area (Å²) in [5.41, 5.74) is 6.42. The van der Waals surface area contributed by atoms with E-state index in [9.17, 15) is 9.18 Å². The van der Waals surface area contributed by atoms with Crippen LogP contribution in [0.15, 0.2) is 24.3 Å². The van der Waals surface area contributed by atoms with Crippen molar-refractivity contribution in [2.24, 2.45) is 5.73 Å². The van der Waals surface area contributed by atoms with Crippen molar-refractivity contribution in [1.82, 2.24) is 9.80 Å². The molecule has 0 aliphatic rings. The van der Waals surface area contributed by atoms with E-state index in [1.165, 1.54) is 12.1 Å². The quantitative estimate of drug-likeness (QED) is 0.838. The van der Waals surface area contributed by atoms with Gasteiger partial charge in [0.1, 0.15) is 5.82 Å². The van der Waals surface area contributed by atoms with Gasteiger partial charge in [0.15, 0.2) is 0 Å². The summed E-state index contributed by atoms with van der Waals surface area (Å²) < 4.78 is 13.2. The van der Waals surface area contributed by atoms with E-state index in [4.69, 9.17) is 5.73 Å². The van der Waals surface area contributed by atoms with Crippen LogP contribution in [0, 0.1) is 5.82 Å². The zero-order chi connectivity index (χ0) is 14.4. The maximum Gasteiger partial charge on any atom is 0.239 e. The van der Waals surface area contributed by atoms with Crippen molar-refractivity contribution in [3.63, 3.8) is 0 Å². The summed E-state index contributed by atoms with van der Waals surface area (Å²) in [7, 11) is 3.88. The van der Waals surface area contributed by atoms with Gasteiger partial charge >= 0.3 is 0 Å². The number of carbonyl (C=O) groups excluding carboxylic acids is 1. The molecule has 0 spiro atoms. The Morgan fingerprint density at radius 2 is 2.05 bits per heavy atom. The van der Waals surface area contributed by atoms with Crippen LogP contribution in [0.2, 0.25) is 0 Å². The molecule has 0 unspecified atom stereocenters. The molecule has 1 aromatic rings. The highest BCUT2D eigenvalue weighted by molar-refractivity contribution is 5.81. The van der Waals surface area contributed by atoms with Crippen molar-refractivity contribution in [3.8, 4) is 0 Å². The van der Waals surface area contributed by atoms with Gasteiger partial charge in [-0.1, -0.05) is 12.1 Å². The first-order valence-electron chi connectivity index (χ1n) is 6.33. The molecule has 0 saturated carbocycles. The highest BCUT2D eigenvalue weighted by Crippen LogP contribution is 2.08. The third kappa shape index (κ3) is 5.36. The molecule has 0 radical (unpaired) electrons. The van der Waals surface area contributed by atoms with E-state index in [0.29, 0.717) is 13.1 Å². The lowest BCUT2D eigenvalue weighted by molar-refractivity contribution is -0.133. The van der Waals surface area contributed by atoms with Crippen LogP contribution in [0.3, 0.4) is 0 Å². The largest absolute Gasteiger partial charge is 0.336 e. The molecule has 4 nitrogen and oxygen atoms in total. The summed E-state index contributed by atoms with van der Waals surface area (Å²) in [6, 6.07) is 5.74. The van der Waals surface area contributed by atoms with E-state index in [2.05, 4.69) is 0 Å². The molecule has 5 heteroatoms. The molecule has 1 atom stereocenters. The molecule has 0 aliphatic carbocycles. The van der Waals surface area contributed by atoms with E-state index in [1.807, 2.05) is 19.0 Å². The standard InChI is InChI=1S/C14H22FN3O/c1-11(16)14(19)18(8-7-17(2)3)10-12-5-4-6-13(15)9-12/h4-6,9,11H,7-8,10,16H2,1-3H3/t11-/m1/s1. The molecule has 2 N–H and O–H groups in total. The van der Waals surface area contributed by atoms with Gasteiger partial charge in [-0.3, -0.25) is 4.79 Å². The predicted molar refractivity (Wildman–Crippen MR) is 74.0 cm³/mol. The van der Waals surface area contributed by atoms with Gasteiger partial charge in [-0.05, 0) is 38.7 Å². The Morgan fingerprint density at radius 1 is 1.37 bits per heavy atom. The number of halogens is 1. The van der Waals surface area contributed by atoms with Gasteiger partial charge in [0, 0.05) is 19.6 Å². The molecule has 0 heterocycles. The number of nitrogens with two attached hydrogens (primary N) is 1. The first kappa shape index (κ1) is 15.6. The Kier molecular flexibility index (Phi) is 5.92. The number of hydrogen-bond acceptors (Lipinski definition) is 3. The van der Waals surface area contributed by atoms with E-state index >= 15 is 0 Å². The monoisotopic (exact) mass is 267 g/mol. The minimum Gasteiger partial charge on any atom is -0.336 e. The van der Waals surface area contributed by atoms with Gasteiger partial charge in [0.25, 0.3) is 0 Å². The van der Waals surface area contributed by atoms with Crippen LogP contribution in [-0.2, 0) is 11.3 Å². The molecule has 0 bridgehead atoms. The van der Waals surface area contributed by atoms with Crippen LogP contribution >= 0.6 is 0 Å². The fourth-order valence-corrected chi connectivity index (χ4v) is 1.73. The lowest BCUT2D eigenvalue weighted by Crippen LogP contribution is -2.44. The van der Waals surface area contributed by atoms with Crippen molar-refractivity contribution >= 4 is 5.91 Å². The van der Waals surface area contributed by atoms with Gasteiger partial charge in [-0.25, -0.2) is 4.39 Å². The Bertz CT molecular complexity index is 421. The number of rotatable bonds is 6. The highest BCUT2D eigenvalue weighted by atomic mass is 19.1. The number of nitrogens with zero attached hydrogens (tertiary/aromatic N) is 2. The third-order valence-corrected chi connectivity index (χ3v) is 2.78. The summed E-state index contributed by atoms with van der Waals surface area (Å²) in [6.07, 6.45) is 0. The Morgan fingerprint density at radius 3 is 2.58 bits per heavy atom. The summed E-state index contributed by atoms with van der Waals surface area (Å²) in [4.78, 5) is 15.7. The van der Waals surface area contributed by atoms with Crippen LogP contribution in [0.5, 0.6) is 0 Å². The predicted octanol–water partition coefficient (Wildman–Crippen LogP) is 1.06. The Balaban J connectivity index is 2.76. The molecule has 0 aromatic heterocycles. The van der Waals surface area contributed by atoms with Crippen molar-refractivity contribution in [1.29, 1.82) is 0 Å². The van der Waals surface area contributed by atoms with Gasteiger partial charge < -0.3 is 15.5 Å². The fraction of sp³-hybridized carbons (Fsp3) is 0.500. The topological polar surface area (TPSA) is 49.6 Å². The first-order chi connectivity index (χ1) is 8.90. The maximum absolute atomic E-state index is 13.2. The molecule has 1 amide bonds. The minimum absolute atomic E-state index is 0.119. The normalized spacial score (nSPS) is 12.5. The van der Waals surface area contributed by atoms with Crippen LogP contribution in [0.1, 0.15) is 12.5 Å². The van der Waals surface area contributed by atoms with Crippen LogP contribution < -0.4 is 5.73 Å². The summed E-state index contributed by atoms with van der Waals surface area (Å²) >= 11 is 0. The SMILES string of the molecule is C[C@@H](N)C(=O)N(CCN(C)C)Cc1cccc(F)c1. The Hall–Kier alpha value is -1.46. The van der Waals surface area contributed by atoms with E-state index < -0.39 is 6.04 Å². The molecule has 1 aromatic carbocycles. The van der Waals surface area contributed by atoms with Crippen molar-refractivity contribution in [3.05, 3.63) is 35.6 Å². The van der Waals surface area contributed by atoms with Crippen molar-refractivity contribution in [2.75, 3.05) is 27.2 Å². The molecular weight excluding hydrogens is 245 g/mol. The number of carbonyl (C=O) groups is 1. The molecule has 106 valence electrons. The number of amides is 1. The Labute approximate surface area is 114 Å². The second kappa shape index (κ2) is 7.21. The molecule has 0 fully saturated rings. The molecule has 0 saturated heterocycles. The number of benzene rings is 1. The number of hydrogen-bond donors (Lipinski definition) is 1. The fourth-order valence-electron chi connectivity index (χ4n) is 1.73. The van der Waals surface area contributed by atoms with Crippen LogP contribution in [0.25, 0.3) is 0 Å². The average molecular weight is 267 g/mol. The lowest BCUT2D eigenvalue weighted by atomic mass is 10.2. The summed E-state index contributed by atoms with van der Waals surface area (Å²) in [5.74, 6) is -0.413. The van der Waals surface area contributed by atoms with E-state index in [-0.39, 0.29) is 11.7 Å². The minimum atomic E-state index is -0.546. The lowest BCUT2D eigenvalue weighted by Gasteiger charge is -2.26. The van der Waals surface area contributed by atoms with Crippen molar-refractivity contribution < 1.29 is 9.18 Å². The van der Waals surface area contributed by atoms with Gasteiger partial charge in [-0.15, -0.1) is 0 Å². The van der Waals surface area contributed by atoms with Gasteiger partial charge in [0.2, 0.25) is 5.91 Å².